The summed E-state index contributed by atoms with van der Waals surface area (Å²) in [6.45, 7) is 3.69. The number of amides is 1. The van der Waals surface area contributed by atoms with Crippen LogP contribution >= 0.6 is 11.3 Å². The van der Waals surface area contributed by atoms with E-state index in [0.29, 0.717) is 35.9 Å². The summed E-state index contributed by atoms with van der Waals surface area (Å²) in [5, 5.41) is 0. The summed E-state index contributed by atoms with van der Waals surface area (Å²) in [5.41, 5.74) is 1.48. The van der Waals surface area contributed by atoms with Gasteiger partial charge >= 0.3 is 0 Å². The fourth-order valence-electron chi connectivity index (χ4n) is 2.70. The number of ether oxygens (including phenoxy) is 3. The number of thiazole rings is 1. The summed E-state index contributed by atoms with van der Waals surface area (Å²) in [6.07, 6.45) is 0. The van der Waals surface area contributed by atoms with Crippen LogP contribution in [0.5, 0.6) is 11.5 Å². The molecule has 0 aliphatic rings. The number of methoxy groups -OCH3 is 2. The number of nitrogens with zero attached hydrogens (tertiary/aromatic N) is 2. The van der Waals surface area contributed by atoms with Gasteiger partial charge in [0.25, 0.3) is 5.91 Å². The first-order valence-corrected chi connectivity index (χ1v) is 9.46. The predicted octanol–water partition coefficient (Wildman–Crippen LogP) is 3.50. The molecule has 27 heavy (non-hydrogen) atoms. The van der Waals surface area contributed by atoms with Crippen LogP contribution in [-0.4, -0.2) is 37.9 Å². The van der Waals surface area contributed by atoms with Gasteiger partial charge in [0, 0.05) is 19.2 Å². The number of hydrogen-bond donors (Lipinski definition) is 0. The number of benzene rings is 2. The van der Waals surface area contributed by atoms with Gasteiger partial charge < -0.3 is 18.8 Å². The Bertz CT molecular complexity index is 1010. The molecule has 0 aliphatic carbocycles. The third-order valence-corrected chi connectivity index (χ3v) is 5.04. The molecule has 0 bridgehead atoms. The monoisotopic (exact) mass is 386 g/mol. The van der Waals surface area contributed by atoms with Crippen LogP contribution in [0.1, 0.15) is 17.3 Å². The number of rotatable bonds is 7. The van der Waals surface area contributed by atoms with Crippen LogP contribution in [-0.2, 0) is 11.3 Å². The van der Waals surface area contributed by atoms with Crippen molar-refractivity contribution in [2.45, 2.75) is 13.5 Å². The van der Waals surface area contributed by atoms with E-state index in [2.05, 4.69) is 4.99 Å². The van der Waals surface area contributed by atoms with Gasteiger partial charge in [0.2, 0.25) is 0 Å². The molecule has 0 radical (unpaired) electrons. The van der Waals surface area contributed by atoms with E-state index in [1.54, 1.807) is 38.5 Å². The third-order valence-electron chi connectivity index (χ3n) is 4.00. The van der Waals surface area contributed by atoms with E-state index in [1.807, 2.05) is 29.7 Å². The van der Waals surface area contributed by atoms with E-state index in [0.717, 1.165) is 16.0 Å². The van der Waals surface area contributed by atoms with Crippen molar-refractivity contribution in [2.24, 2.45) is 4.99 Å². The predicted molar refractivity (Wildman–Crippen MR) is 106 cm³/mol. The molecule has 0 spiro atoms. The molecule has 7 heteroatoms. The molecular weight excluding hydrogens is 364 g/mol. The second-order valence-corrected chi connectivity index (χ2v) is 6.75. The number of fused-ring (bicyclic) bond motifs is 1. The molecule has 6 nitrogen and oxygen atoms in total. The van der Waals surface area contributed by atoms with Crippen molar-refractivity contribution in [3.8, 4) is 11.5 Å². The SMILES string of the molecule is CCOc1ccc2c(c1)sc(=NC(=O)c1cccc(OC)c1)n2CCOC. The summed E-state index contributed by atoms with van der Waals surface area (Å²) in [7, 11) is 3.22. The highest BCUT2D eigenvalue weighted by Crippen LogP contribution is 2.23. The minimum absolute atomic E-state index is 0.309. The van der Waals surface area contributed by atoms with E-state index in [1.165, 1.54) is 11.3 Å². The molecule has 2 aromatic carbocycles. The van der Waals surface area contributed by atoms with Gasteiger partial charge in [-0.15, -0.1) is 0 Å². The van der Waals surface area contributed by atoms with Gasteiger partial charge in [-0.25, -0.2) is 0 Å². The molecule has 1 heterocycles. The number of carbonyl (C=O) groups is 1. The lowest BCUT2D eigenvalue weighted by molar-refractivity contribution is 0.0997. The largest absolute Gasteiger partial charge is 0.497 e. The van der Waals surface area contributed by atoms with Crippen LogP contribution in [0, 0.1) is 0 Å². The standard InChI is InChI=1S/C20H22N2O4S/c1-4-26-16-8-9-17-18(13-16)27-20(22(17)10-11-24-2)21-19(23)14-6-5-7-15(12-14)25-3/h5-9,12-13H,4,10-11H2,1-3H3. The van der Waals surface area contributed by atoms with Crippen LogP contribution in [0.15, 0.2) is 47.5 Å². The highest BCUT2D eigenvalue weighted by molar-refractivity contribution is 7.16. The molecule has 0 unspecified atom stereocenters. The van der Waals surface area contributed by atoms with E-state index < -0.39 is 0 Å². The summed E-state index contributed by atoms with van der Waals surface area (Å²) < 4.78 is 19.0. The Morgan fingerprint density at radius 3 is 2.74 bits per heavy atom. The lowest BCUT2D eigenvalue weighted by Crippen LogP contribution is -2.19. The van der Waals surface area contributed by atoms with Gasteiger partial charge in [-0.2, -0.15) is 4.99 Å². The van der Waals surface area contributed by atoms with E-state index in [-0.39, 0.29) is 5.91 Å². The summed E-state index contributed by atoms with van der Waals surface area (Å²) in [4.78, 5) is 17.7. The van der Waals surface area contributed by atoms with Crippen LogP contribution in [0.3, 0.4) is 0 Å². The van der Waals surface area contributed by atoms with Gasteiger partial charge in [-0.1, -0.05) is 17.4 Å². The molecule has 0 aliphatic heterocycles. The van der Waals surface area contributed by atoms with Gasteiger partial charge in [0.05, 0.1) is 30.5 Å². The Balaban J connectivity index is 2.07. The molecule has 0 fully saturated rings. The second kappa shape index (κ2) is 8.83. The zero-order valence-corrected chi connectivity index (χ0v) is 16.4. The van der Waals surface area contributed by atoms with Crippen molar-refractivity contribution in [3.05, 3.63) is 52.8 Å². The smallest absolute Gasteiger partial charge is 0.279 e. The molecule has 1 amide bonds. The highest BCUT2D eigenvalue weighted by Gasteiger charge is 2.11. The molecule has 1 aromatic heterocycles. The fraction of sp³-hybridized carbons (Fsp3) is 0.300. The van der Waals surface area contributed by atoms with Crippen molar-refractivity contribution in [2.75, 3.05) is 27.4 Å². The Morgan fingerprint density at radius 1 is 1.15 bits per heavy atom. The summed E-state index contributed by atoms with van der Waals surface area (Å²) in [5.74, 6) is 1.12. The van der Waals surface area contributed by atoms with Gasteiger partial charge in [0.1, 0.15) is 11.5 Å². The molecular formula is C20H22N2O4S. The first-order chi connectivity index (χ1) is 13.2. The molecule has 142 valence electrons. The second-order valence-electron chi connectivity index (χ2n) is 5.74. The first kappa shape index (κ1) is 19.1. The first-order valence-electron chi connectivity index (χ1n) is 8.64. The molecule has 3 aromatic rings. The molecule has 0 saturated carbocycles. The van der Waals surface area contributed by atoms with Crippen molar-refractivity contribution in [3.63, 3.8) is 0 Å². The number of hydrogen-bond acceptors (Lipinski definition) is 5. The zero-order chi connectivity index (χ0) is 19.2. The molecule has 0 N–H and O–H groups in total. The molecule has 0 atom stereocenters. The quantitative estimate of drug-likeness (QED) is 0.624. The topological polar surface area (TPSA) is 62.0 Å². The summed E-state index contributed by atoms with van der Waals surface area (Å²) >= 11 is 1.46. The fourth-order valence-corrected chi connectivity index (χ4v) is 3.78. The van der Waals surface area contributed by atoms with Gasteiger partial charge in [-0.05, 0) is 43.3 Å². The lowest BCUT2D eigenvalue weighted by Gasteiger charge is -2.06. The van der Waals surface area contributed by atoms with E-state index >= 15 is 0 Å². The Morgan fingerprint density at radius 2 is 2.00 bits per heavy atom. The third kappa shape index (κ3) is 4.37. The Hall–Kier alpha value is -2.64. The average Bonchev–Trinajstić information content (AvgIpc) is 3.02. The zero-order valence-electron chi connectivity index (χ0n) is 15.6. The molecule has 3 rings (SSSR count). The van der Waals surface area contributed by atoms with Gasteiger partial charge in [0.15, 0.2) is 4.80 Å². The minimum atomic E-state index is -0.309. The maximum Gasteiger partial charge on any atom is 0.279 e. The lowest BCUT2D eigenvalue weighted by atomic mass is 10.2. The van der Waals surface area contributed by atoms with Gasteiger partial charge in [-0.3, -0.25) is 4.79 Å². The maximum absolute atomic E-state index is 12.7. The van der Waals surface area contributed by atoms with Crippen LogP contribution in [0.2, 0.25) is 0 Å². The average molecular weight is 386 g/mol. The van der Waals surface area contributed by atoms with Crippen molar-refractivity contribution >= 4 is 27.5 Å². The van der Waals surface area contributed by atoms with E-state index in [9.17, 15) is 4.79 Å². The maximum atomic E-state index is 12.7. The highest BCUT2D eigenvalue weighted by atomic mass is 32.1. The Kier molecular flexibility index (Phi) is 6.26. The van der Waals surface area contributed by atoms with Crippen molar-refractivity contribution in [1.82, 2.24) is 4.57 Å². The molecule has 0 saturated heterocycles. The van der Waals surface area contributed by atoms with Crippen molar-refractivity contribution < 1.29 is 19.0 Å². The minimum Gasteiger partial charge on any atom is -0.497 e. The number of aromatic nitrogens is 1. The van der Waals surface area contributed by atoms with Crippen LogP contribution < -0.4 is 14.3 Å². The Labute approximate surface area is 161 Å². The van der Waals surface area contributed by atoms with Crippen molar-refractivity contribution in [1.29, 1.82) is 0 Å². The normalized spacial score (nSPS) is 11.7. The van der Waals surface area contributed by atoms with Crippen LogP contribution in [0.25, 0.3) is 10.2 Å². The summed E-state index contributed by atoms with van der Waals surface area (Å²) in [6, 6.07) is 12.9. The van der Waals surface area contributed by atoms with E-state index in [4.69, 9.17) is 14.2 Å². The number of carbonyl (C=O) groups excluding carboxylic acids is 1. The van der Waals surface area contributed by atoms with Crippen LogP contribution in [0.4, 0.5) is 0 Å².